The Hall–Kier alpha value is -1.75. The maximum atomic E-state index is 9.23. The smallest absolute Gasteiger partial charge is 0.141 e. The largest absolute Gasteiger partial charge is 0.508 e. The number of rotatable bonds is 5. The van der Waals surface area contributed by atoms with Crippen molar-refractivity contribution in [1.29, 1.82) is 0 Å². The maximum Gasteiger partial charge on any atom is 0.141 e. The molecule has 0 atom stereocenters. The summed E-state index contributed by atoms with van der Waals surface area (Å²) < 4.78 is 0. The minimum absolute atomic E-state index is 0.283. The summed E-state index contributed by atoms with van der Waals surface area (Å²) in [7, 11) is 0. The molecule has 0 bridgehead atoms. The lowest BCUT2D eigenvalue weighted by molar-refractivity contribution is 0.475. The molecule has 1 aromatic carbocycles. The van der Waals surface area contributed by atoms with Gasteiger partial charge in [0.25, 0.3) is 0 Å². The van der Waals surface area contributed by atoms with Crippen molar-refractivity contribution in [3.05, 3.63) is 41.9 Å². The molecule has 100 valence electrons. The minimum Gasteiger partial charge on any atom is -0.508 e. The topological polar surface area (TPSA) is 58.0 Å². The lowest BCUT2D eigenvalue weighted by Crippen LogP contribution is -2.04. The van der Waals surface area contributed by atoms with Crippen molar-refractivity contribution in [2.24, 2.45) is 0 Å². The van der Waals surface area contributed by atoms with Crippen molar-refractivity contribution in [2.45, 2.75) is 24.5 Å². The Morgan fingerprint density at radius 2 is 1.95 bits per heavy atom. The molecule has 0 aliphatic rings. The van der Waals surface area contributed by atoms with E-state index in [2.05, 4.69) is 15.3 Å². The Kier molecular flexibility index (Phi) is 4.63. The van der Waals surface area contributed by atoms with Gasteiger partial charge in [-0.25, -0.2) is 9.97 Å². The highest BCUT2D eigenvalue weighted by molar-refractivity contribution is 7.98. The van der Waals surface area contributed by atoms with Gasteiger partial charge in [0.2, 0.25) is 0 Å². The Bertz CT molecular complexity index is 543. The van der Waals surface area contributed by atoms with Crippen LogP contribution in [0.1, 0.15) is 18.4 Å². The van der Waals surface area contributed by atoms with E-state index in [1.54, 1.807) is 23.9 Å². The van der Waals surface area contributed by atoms with Crippen molar-refractivity contribution in [3.63, 3.8) is 0 Å². The number of aryl methyl sites for hydroxylation is 1. The predicted octanol–water partition coefficient (Wildman–Crippen LogP) is 3.21. The molecule has 0 aliphatic carbocycles. The van der Waals surface area contributed by atoms with Gasteiger partial charge in [-0.1, -0.05) is 0 Å². The first-order chi connectivity index (χ1) is 9.17. The van der Waals surface area contributed by atoms with E-state index in [0.29, 0.717) is 5.75 Å². The molecule has 2 N–H and O–H groups in total. The van der Waals surface area contributed by atoms with E-state index < -0.39 is 0 Å². The predicted molar refractivity (Wildman–Crippen MR) is 78.6 cm³/mol. The Balaban J connectivity index is 2.04. The number of phenolic OH excluding ortho intramolecular Hbond substituents is 1. The molecule has 0 aliphatic heterocycles. The third-order valence-corrected chi connectivity index (χ3v) is 3.47. The van der Waals surface area contributed by atoms with Gasteiger partial charge < -0.3 is 10.4 Å². The molecule has 0 radical (unpaired) electrons. The fourth-order valence-electron chi connectivity index (χ4n) is 1.66. The van der Waals surface area contributed by atoms with Crippen LogP contribution in [-0.2, 0) is 5.75 Å². The van der Waals surface area contributed by atoms with Gasteiger partial charge in [0.15, 0.2) is 0 Å². The summed E-state index contributed by atoms with van der Waals surface area (Å²) >= 11 is 1.65. The summed E-state index contributed by atoms with van der Waals surface area (Å²) in [6.07, 6.45) is 0. The van der Waals surface area contributed by atoms with Crippen molar-refractivity contribution in [2.75, 3.05) is 11.9 Å². The number of nitrogens with zero attached hydrogens (tertiary/aromatic N) is 2. The Labute approximate surface area is 117 Å². The summed E-state index contributed by atoms with van der Waals surface area (Å²) in [6.45, 7) is 4.86. The third kappa shape index (κ3) is 4.13. The van der Waals surface area contributed by atoms with Crippen molar-refractivity contribution in [1.82, 2.24) is 9.97 Å². The Morgan fingerprint density at radius 1 is 1.21 bits per heavy atom. The number of aromatic nitrogens is 2. The second-order valence-corrected chi connectivity index (χ2v) is 5.17. The number of hydrogen-bond donors (Lipinski definition) is 2. The van der Waals surface area contributed by atoms with E-state index in [4.69, 9.17) is 0 Å². The van der Waals surface area contributed by atoms with Crippen LogP contribution in [0.25, 0.3) is 0 Å². The standard InChI is InChI=1S/C14H17N3OS/c1-3-15-13-8-10(2)16-14(17-13)9-19-12-6-4-11(18)5-7-12/h4-8,18H,3,9H2,1-2H3,(H,15,16,17). The second-order valence-electron chi connectivity index (χ2n) is 4.12. The van der Waals surface area contributed by atoms with E-state index in [1.165, 1.54) is 0 Å². The fourth-order valence-corrected chi connectivity index (χ4v) is 2.41. The minimum atomic E-state index is 0.283. The average molecular weight is 275 g/mol. The molecule has 0 unspecified atom stereocenters. The van der Waals surface area contributed by atoms with Crippen LogP contribution in [0, 0.1) is 6.92 Å². The first-order valence-electron chi connectivity index (χ1n) is 6.17. The molecular formula is C14H17N3OS. The molecule has 19 heavy (non-hydrogen) atoms. The van der Waals surface area contributed by atoms with Crippen LogP contribution < -0.4 is 5.32 Å². The zero-order valence-electron chi connectivity index (χ0n) is 11.1. The van der Waals surface area contributed by atoms with Gasteiger partial charge in [-0.3, -0.25) is 0 Å². The molecule has 1 heterocycles. The number of phenols is 1. The normalized spacial score (nSPS) is 10.4. The highest BCUT2D eigenvalue weighted by atomic mass is 32.2. The molecule has 0 spiro atoms. The van der Waals surface area contributed by atoms with Crippen LogP contribution in [0.2, 0.25) is 0 Å². The van der Waals surface area contributed by atoms with Crippen molar-refractivity contribution < 1.29 is 5.11 Å². The summed E-state index contributed by atoms with van der Waals surface area (Å²) in [5.74, 6) is 2.68. The number of hydrogen-bond acceptors (Lipinski definition) is 5. The van der Waals surface area contributed by atoms with E-state index in [1.807, 2.05) is 32.0 Å². The molecule has 4 nitrogen and oxygen atoms in total. The number of aromatic hydroxyl groups is 1. The molecule has 2 rings (SSSR count). The van der Waals surface area contributed by atoms with Crippen LogP contribution in [-0.4, -0.2) is 21.6 Å². The van der Waals surface area contributed by atoms with Gasteiger partial charge in [-0.15, -0.1) is 11.8 Å². The van der Waals surface area contributed by atoms with Gasteiger partial charge in [0.05, 0.1) is 5.75 Å². The quantitative estimate of drug-likeness (QED) is 0.821. The van der Waals surface area contributed by atoms with Crippen LogP contribution >= 0.6 is 11.8 Å². The fraction of sp³-hybridized carbons (Fsp3) is 0.286. The average Bonchev–Trinajstić information content (AvgIpc) is 2.38. The highest BCUT2D eigenvalue weighted by Crippen LogP contribution is 2.23. The number of anilines is 1. The van der Waals surface area contributed by atoms with Crippen LogP contribution in [0.3, 0.4) is 0 Å². The van der Waals surface area contributed by atoms with E-state index in [0.717, 1.165) is 28.8 Å². The molecule has 5 heteroatoms. The zero-order valence-corrected chi connectivity index (χ0v) is 11.9. The van der Waals surface area contributed by atoms with Crippen molar-refractivity contribution >= 4 is 17.6 Å². The van der Waals surface area contributed by atoms with Gasteiger partial charge in [-0.05, 0) is 38.1 Å². The summed E-state index contributed by atoms with van der Waals surface area (Å²) in [4.78, 5) is 9.98. The first kappa shape index (κ1) is 13.7. The lowest BCUT2D eigenvalue weighted by Gasteiger charge is -2.07. The molecule has 2 aromatic rings. The summed E-state index contributed by atoms with van der Waals surface area (Å²) in [5.41, 5.74) is 0.965. The van der Waals surface area contributed by atoms with Crippen LogP contribution in [0.5, 0.6) is 5.75 Å². The Morgan fingerprint density at radius 3 is 2.63 bits per heavy atom. The van der Waals surface area contributed by atoms with Gasteiger partial charge in [0.1, 0.15) is 17.4 Å². The molecule has 0 saturated heterocycles. The summed E-state index contributed by atoms with van der Waals surface area (Å²) in [6, 6.07) is 9.09. The van der Waals surface area contributed by atoms with E-state index in [9.17, 15) is 5.11 Å². The van der Waals surface area contributed by atoms with Gasteiger partial charge in [0, 0.05) is 23.2 Å². The van der Waals surface area contributed by atoms with Crippen LogP contribution in [0.15, 0.2) is 35.2 Å². The van der Waals surface area contributed by atoms with E-state index >= 15 is 0 Å². The lowest BCUT2D eigenvalue weighted by atomic mass is 10.3. The zero-order chi connectivity index (χ0) is 13.7. The SMILES string of the molecule is CCNc1cc(C)nc(CSc2ccc(O)cc2)n1. The van der Waals surface area contributed by atoms with Crippen molar-refractivity contribution in [3.8, 4) is 5.75 Å². The molecule has 0 saturated carbocycles. The monoisotopic (exact) mass is 275 g/mol. The highest BCUT2D eigenvalue weighted by Gasteiger charge is 2.03. The molecule has 0 fully saturated rings. The van der Waals surface area contributed by atoms with Gasteiger partial charge >= 0.3 is 0 Å². The van der Waals surface area contributed by atoms with Crippen LogP contribution in [0.4, 0.5) is 5.82 Å². The van der Waals surface area contributed by atoms with E-state index in [-0.39, 0.29) is 5.75 Å². The number of nitrogens with one attached hydrogen (secondary N) is 1. The first-order valence-corrected chi connectivity index (χ1v) is 7.16. The molecular weight excluding hydrogens is 258 g/mol. The second kappa shape index (κ2) is 6.43. The summed E-state index contributed by atoms with van der Waals surface area (Å²) in [5, 5.41) is 12.4. The number of thioether (sulfide) groups is 1. The maximum absolute atomic E-state index is 9.23. The van der Waals surface area contributed by atoms with Gasteiger partial charge in [-0.2, -0.15) is 0 Å². The number of benzene rings is 1. The molecule has 0 amide bonds. The molecule has 1 aromatic heterocycles. The third-order valence-electron chi connectivity index (χ3n) is 2.46.